The molecule has 0 saturated heterocycles. The normalized spacial score (nSPS) is 24.7. The van der Waals surface area contributed by atoms with Crippen molar-refractivity contribution in [3.05, 3.63) is 53.1 Å². The van der Waals surface area contributed by atoms with Gasteiger partial charge in [0.05, 0.1) is 23.3 Å². The Labute approximate surface area is 269 Å². The Morgan fingerprint density at radius 1 is 0.571 bits per heavy atom. The highest BCUT2D eigenvalue weighted by atomic mass is 32.4. The van der Waals surface area contributed by atoms with Gasteiger partial charge in [-0.25, -0.2) is 0 Å². The van der Waals surface area contributed by atoms with Crippen molar-refractivity contribution in [2.45, 2.75) is 79.6 Å². The van der Waals surface area contributed by atoms with Crippen molar-refractivity contribution in [1.82, 2.24) is 4.67 Å². The lowest BCUT2D eigenvalue weighted by Gasteiger charge is -2.53. The van der Waals surface area contributed by atoms with Crippen molar-refractivity contribution in [2.75, 3.05) is 31.3 Å². The summed E-state index contributed by atoms with van der Waals surface area (Å²) in [5, 5.41) is 8.28. The van der Waals surface area contributed by atoms with Gasteiger partial charge in [0.15, 0.2) is 0 Å². The second kappa shape index (κ2) is 11.3. The van der Waals surface area contributed by atoms with Crippen LogP contribution in [0.15, 0.2) is 36.4 Å². The summed E-state index contributed by atoms with van der Waals surface area (Å²) in [5.74, 6) is 0. The molecule has 8 heteroatoms. The third-order valence-electron chi connectivity index (χ3n) is 9.73. The molecule has 42 heavy (non-hydrogen) atoms. The van der Waals surface area contributed by atoms with E-state index in [4.69, 9.17) is 35.4 Å². The zero-order valence-corrected chi connectivity index (χ0v) is 31.4. The van der Waals surface area contributed by atoms with Crippen molar-refractivity contribution in [1.29, 1.82) is 0 Å². The Bertz CT molecular complexity index is 1760. The SMILES string of the molecule is CCCCc1cc2c3c(c1)P(C)(=S)c1cc(CCCC)cc4c1N3c1c(cc(CC)cc1P4(=S)N(CC)CC)P2(C)=S. The van der Waals surface area contributed by atoms with Gasteiger partial charge in [-0.2, -0.15) is 0 Å². The molecule has 0 spiro atoms. The van der Waals surface area contributed by atoms with Crippen LogP contribution in [0.1, 0.15) is 77.0 Å². The smallest absolute Gasteiger partial charge is 0.0751 e. The summed E-state index contributed by atoms with van der Waals surface area (Å²) in [7, 11) is 0. The largest absolute Gasteiger partial charge is 0.306 e. The van der Waals surface area contributed by atoms with Gasteiger partial charge >= 0.3 is 0 Å². The first kappa shape index (κ1) is 31.4. The molecule has 0 fully saturated rings. The Morgan fingerprint density at radius 3 is 1.31 bits per heavy atom. The molecule has 0 amide bonds. The number of anilines is 3. The van der Waals surface area contributed by atoms with Crippen molar-refractivity contribution in [3.63, 3.8) is 0 Å². The molecule has 2 nitrogen and oxygen atoms in total. The summed E-state index contributed by atoms with van der Waals surface area (Å²) in [6.07, 6.45) is 5.58. The first-order valence-corrected chi connectivity index (χ1v) is 25.1. The number of hydrogen-bond acceptors (Lipinski definition) is 4. The average Bonchev–Trinajstić information content (AvgIpc) is 2.98. The maximum absolute atomic E-state index is 7.11. The second-order valence-corrected chi connectivity index (χ2v) is 26.7. The highest BCUT2D eigenvalue weighted by Gasteiger charge is 2.51. The van der Waals surface area contributed by atoms with Crippen LogP contribution in [0.3, 0.4) is 0 Å². The fourth-order valence-electron chi connectivity index (χ4n) is 7.34. The predicted octanol–water partition coefficient (Wildman–Crippen LogP) is 7.15. The molecule has 0 aliphatic carbocycles. The van der Waals surface area contributed by atoms with Crippen LogP contribution in [0.2, 0.25) is 0 Å². The standard InChI is InChI=1S/C34H45N2P3S3/c1-8-13-15-24-19-27-32-28(20-24)38(7,41)29-21-25(16-14-9-2)22-31-34(29)36(32)33-26(37(27,6)40)17-23(10-3)18-30(33)39(31,42)35(11-4)12-5/h17-22H,8-16H2,1-7H3. The quantitative estimate of drug-likeness (QED) is 0.211. The first-order chi connectivity index (χ1) is 20.0. The van der Waals surface area contributed by atoms with Crippen LogP contribution in [0.4, 0.5) is 17.1 Å². The van der Waals surface area contributed by atoms with E-state index >= 15 is 0 Å². The van der Waals surface area contributed by atoms with Gasteiger partial charge in [-0.1, -0.05) is 82.9 Å². The fraction of sp³-hybridized carbons (Fsp3) is 0.471. The highest BCUT2D eigenvalue weighted by molar-refractivity contribution is 8.24. The first-order valence-electron chi connectivity index (χ1n) is 15.8. The Balaban J connectivity index is 1.82. The second-order valence-electron chi connectivity index (χ2n) is 12.4. The van der Waals surface area contributed by atoms with Crippen LogP contribution < -0.4 is 36.7 Å². The van der Waals surface area contributed by atoms with Gasteiger partial charge in [0, 0.05) is 57.0 Å². The lowest BCUT2D eigenvalue weighted by Crippen LogP contribution is -2.52. The molecule has 6 rings (SSSR count). The number of rotatable bonds is 10. The molecule has 3 aliphatic rings. The van der Waals surface area contributed by atoms with E-state index in [0.29, 0.717) is 0 Å². The van der Waals surface area contributed by atoms with Gasteiger partial charge in [-0.3, -0.25) is 4.67 Å². The molecular weight excluding hydrogens is 626 g/mol. The zero-order chi connectivity index (χ0) is 30.2. The van der Waals surface area contributed by atoms with Gasteiger partial charge in [0.2, 0.25) is 0 Å². The minimum atomic E-state index is -2.33. The van der Waals surface area contributed by atoms with E-state index < -0.39 is 18.3 Å². The fourth-order valence-corrected chi connectivity index (χ4v) is 18.8. The third-order valence-corrected chi connectivity index (χ3v) is 22.4. The summed E-state index contributed by atoms with van der Waals surface area (Å²) in [5.41, 5.74) is 8.20. The maximum atomic E-state index is 7.11. The number of unbranched alkanes of at least 4 members (excludes halogenated alkanes) is 2. The summed E-state index contributed by atoms with van der Waals surface area (Å²) in [6.45, 7) is 18.1. The molecule has 0 saturated carbocycles. The molecule has 3 aromatic rings. The van der Waals surface area contributed by atoms with Gasteiger partial charge in [-0.05, 0) is 98.5 Å². The lowest BCUT2D eigenvalue weighted by molar-refractivity contribution is 0.513. The van der Waals surface area contributed by atoms with E-state index in [1.54, 1.807) is 0 Å². The lowest BCUT2D eigenvalue weighted by atomic mass is 10.0. The van der Waals surface area contributed by atoms with E-state index in [1.165, 1.54) is 91.3 Å². The average molecular weight is 671 g/mol. The van der Waals surface area contributed by atoms with Crippen molar-refractivity contribution >= 4 is 103 Å². The molecule has 0 bridgehead atoms. The molecule has 3 aromatic carbocycles. The van der Waals surface area contributed by atoms with Crippen LogP contribution in [-0.4, -0.2) is 31.1 Å². The molecule has 3 heterocycles. The third kappa shape index (κ3) is 4.35. The minimum Gasteiger partial charge on any atom is -0.306 e. The van der Waals surface area contributed by atoms with E-state index in [-0.39, 0.29) is 0 Å². The van der Waals surface area contributed by atoms with E-state index in [9.17, 15) is 0 Å². The van der Waals surface area contributed by atoms with E-state index in [2.05, 4.69) is 93.9 Å². The summed E-state index contributed by atoms with van der Waals surface area (Å²) in [4.78, 5) is 2.64. The van der Waals surface area contributed by atoms with Gasteiger partial charge in [-0.15, -0.1) is 0 Å². The highest BCUT2D eigenvalue weighted by Crippen LogP contribution is 2.65. The summed E-state index contributed by atoms with van der Waals surface area (Å²) in [6, 6.07) is 10.7. The molecule has 3 aliphatic heterocycles. The minimum absolute atomic E-state index is 0.941. The van der Waals surface area contributed by atoms with Gasteiger partial charge in [0.25, 0.3) is 0 Å². The molecule has 0 radical (unpaired) electrons. The van der Waals surface area contributed by atoms with Crippen LogP contribution in [0, 0.1) is 0 Å². The van der Waals surface area contributed by atoms with Crippen molar-refractivity contribution < 1.29 is 0 Å². The molecule has 224 valence electrons. The van der Waals surface area contributed by atoms with Crippen molar-refractivity contribution in [3.8, 4) is 0 Å². The summed E-state index contributed by atoms with van der Waals surface area (Å²) < 4.78 is 2.62. The van der Waals surface area contributed by atoms with Crippen LogP contribution in [0.25, 0.3) is 0 Å². The van der Waals surface area contributed by atoms with Crippen molar-refractivity contribution in [2.24, 2.45) is 0 Å². The Hall–Kier alpha value is -0.630. The predicted molar refractivity (Wildman–Crippen MR) is 203 cm³/mol. The number of aryl methyl sites for hydroxylation is 3. The monoisotopic (exact) mass is 670 g/mol. The maximum Gasteiger partial charge on any atom is 0.0751 e. The number of benzene rings is 3. The van der Waals surface area contributed by atoms with E-state index in [1.807, 2.05) is 0 Å². The van der Waals surface area contributed by atoms with Crippen LogP contribution >= 0.6 is 18.3 Å². The van der Waals surface area contributed by atoms with Crippen LogP contribution in [0.5, 0.6) is 0 Å². The molecule has 3 unspecified atom stereocenters. The summed E-state index contributed by atoms with van der Waals surface area (Å²) >= 11 is 20.8. The van der Waals surface area contributed by atoms with Crippen LogP contribution in [-0.2, 0) is 54.7 Å². The topological polar surface area (TPSA) is 6.48 Å². The van der Waals surface area contributed by atoms with Gasteiger partial charge in [0.1, 0.15) is 0 Å². The number of nitrogens with zero attached hydrogens (tertiary/aromatic N) is 2. The number of hydrogen-bond donors (Lipinski definition) is 0. The zero-order valence-electron chi connectivity index (χ0n) is 26.3. The Kier molecular flexibility index (Phi) is 8.45. The molecule has 3 atom stereocenters. The molecular formula is C34H45N2P3S3. The molecule has 0 N–H and O–H groups in total. The van der Waals surface area contributed by atoms with Gasteiger partial charge < -0.3 is 4.90 Å². The Morgan fingerprint density at radius 2 is 0.929 bits per heavy atom. The van der Waals surface area contributed by atoms with E-state index in [0.717, 1.165) is 32.4 Å². The molecule has 0 aromatic heterocycles.